The summed E-state index contributed by atoms with van der Waals surface area (Å²) in [5.74, 6) is 0.0704. The standard InChI is InChI=1S/C11H22N4O3S/c16-11-1-5-15(8-4-13-11)19(17,18)10-9-14-6-2-12-3-7-14/h12H,1-10H2,(H,13,16). The summed E-state index contributed by atoms with van der Waals surface area (Å²) < 4.78 is 25.9. The highest BCUT2D eigenvalue weighted by Crippen LogP contribution is 2.06. The van der Waals surface area contributed by atoms with Crippen molar-refractivity contribution in [3.8, 4) is 0 Å². The van der Waals surface area contributed by atoms with Crippen molar-refractivity contribution in [2.24, 2.45) is 0 Å². The fraction of sp³-hybridized carbons (Fsp3) is 0.909. The zero-order chi connectivity index (χ0) is 13.7. The van der Waals surface area contributed by atoms with E-state index in [9.17, 15) is 13.2 Å². The second kappa shape index (κ2) is 6.65. The minimum Gasteiger partial charge on any atom is -0.355 e. The molecule has 2 N–H and O–H groups in total. The van der Waals surface area contributed by atoms with Gasteiger partial charge in [0.2, 0.25) is 15.9 Å². The van der Waals surface area contributed by atoms with Crippen molar-refractivity contribution in [2.75, 3.05) is 58.1 Å². The number of carbonyl (C=O) groups is 1. The molecule has 0 atom stereocenters. The number of nitrogens with one attached hydrogen (secondary N) is 2. The van der Waals surface area contributed by atoms with Gasteiger partial charge in [-0.05, 0) is 0 Å². The van der Waals surface area contributed by atoms with E-state index in [-0.39, 0.29) is 18.1 Å². The van der Waals surface area contributed by atoms with Crippen molar-refractivity contribution < 1.29 is 13.2 Å². The molecule has 0 aromatic carbocycles. The highest BCUT2D eigenvalue weighted by Gasteiger charge is 2.25. The first-order valence-corrected chi connectivity index (χ1v) is 8.36. The number of hydrogen-bond donors (Lipinski definition) is 2. The van der Waals surface area contributed by atoms with Crippen molar-refractivity contribution in [2.45, 2.75) is 6.42 Å². The fourth-order valence-electron chi connectivity index (χ4n) is 2.33. The van der Waals surface area contributed by atoms with Gasteiger partial charge in [0.25, 0.3) is 0 Å². The predicted molar refractivity (Wildman–Crippen MR) is 72.3 cm³/mol. The number of sulfonamides is 1. The Labute approximate surface area is 114 Å². The normalized spacial score (nSPS) is 23.9. The third-order valence-electron chi connectivity index (χ3n) is 3.54. The van der Waals surface area contributed by atoms with E-state index in [1.807, 2.05) is 0 Å². The van der Waals surface area contributed by atoms with E-state index in [1.54, 1.807) is 0 Å². The van der Waals surface area contributed by atoms with Crippen molar-refractivity contribution in [1.82, 2.24) is 19.8 Å². The molecule has 1 amide bonds. The molecule has 110 valence electrons. The van der Waals surface area contributed by atoms with Gasteiger partial charge in [0.1, 0.15) is 0 Å². The van der Waals surface area contributed by atoms with Gasteiger partial charge in [0, 0.05) is 58.8 Å². The largest absolute Gasteiger partial charge is 0.355 e. The van der Waals surface area contributed by atoms with Gasteiger partial charge in [-0.2, -0.15) is 4.31 Å². The second-order valence-electron chi connectivity index (χ2n) is 4.91. The SMILES string of the molecule is O=C1CCN(S(=O)(=O)CCN2CCNCC2)CCN1. The van der Waals surface area contributed by atoms with Gasteiger partial charge < -0.3 is 10.6 Å². The smallest absolute Gasteiger partial charge is 0.221 e. The summed E-state index contributed by atoms with van der Waals surface area (Å²) in [6, 6.07) is 0. The molecule has 19 heavy (non-hydrogen) atoms. The fourth-order valence-corrected chi connectivity index (χ4v) is 3.82. The maximum absolute atomic E-state index is 12.2. The average molecular weight is 290 g/mol. The molecule has 0 bridgehead atoms. The molecule has 8 heteroatoms. The van der Waals surface area contributed by atoms with Crippen LogP contribution in [0, 0.1) is 0 Å². The highest BCUT2D eigenvalue weighted by atomic mass is 32.2. The Bertz CT molecular complexity index is 406. The zero-order valence-electron chi connectivity index (χ0n) is 11.1. The minimum atomic E-state index is -3.25. The Balaban J connectivity index is 1.84. The third-order valence-corrected chi connectivity index (χ3v) is 5.39. The van der Waals surface area contributed by atoms with Gasteiger partial charge >= 0.3 is 0 Å². The number of amides is 1. The van der Waals surface area contributed by atoms with E-state index in [1.165, 1.54) is 4.31 Å². The first kappa shape index (κ1) is 14.7. The van der Waals surface area contributed by atoms with E-state index in [4.69, 9.17) is 0 Å². The Morgan fingerprint density at radius 2 is 1.79 bits per heavy atom. The van der Waals surface area contributed by atoms with E-state index in [0.717, 1.165) is 26.2 Å². The van der Waals surface area contributed by atoms with Crippen molar-refractivity contribution in [1.29, 1.82) is 0 Å². The monoisotopic (exact) mass is 290 g/mol. The van der Waals surface area contributed by atoms with Gasteiger partial charge in [-0.15, -0.1) is 0 Å². The predicted octanol–water partition coefficient (Wildman–Crippen LogP) is -1.96. The van der Waals surface area contributed by atoms with E-state index < -0.39 is 10.0 Å². The molecule has 0 aliphatic carbocycles. The Morgan fingerprint density at radius 1 is 1.05 bits per heavy atom. The van der Waals surface area contributed by atoms with Crippen molar-refractivity contribution >= 4 is 15.9 Å². The van der Waals surface area contributed by atoms with Gasteiger partial charge in [0.05, 0.1) is 5.75 Å². The lowest BCUT2D eigenvalue weighted by Crippen LogP contribution is -2.46. The van der Waals surface area contributed by atoms with Crippen LogP contribution in [0.5, 0.6) is 0 Å². The first-order valence-electron chi connectivity index (χ1n) is 6.75. The Morgan fingerprint density at radius 3 is 2.53 bits per heavy atom. The Hall–Kier alpha value is -0.700. The molecule has 0 saturated carbocycles. The van der Waals surface area contributed by atoms with Crippen LogP contribution < -0.4 is 10.6 Å². The number of nitrogens with zero attached hydrogens (tertiary/aromatic N) is 2. The van der Waals surface area contributed by atoms with Crippen LogP contribution in [0.4, 0.5) is 0 Å². The average Bonchev–Trinajstić information content (AvgIpc) is 2.63. The maximum atomic E-state index is 12.2. The molecule has 0 aromatic rings. The summed E-state index contributed by atoms with van der Waals surface area (Å²) in [4.78, 5) is 13.4. The van der Waals surface area contributed by atoms with Gasteiger partial charge in [0.15, 0.2) is 0 Å². The van der Waals surface area contributed by atoms with E-state index >= 15 is 0 Å². The number of hydrogen-bond acceptors (Lipinski definition) is 5. The first-order chi connectivity index (χ1) is 9.08. The quantitative estimate of drug-likeness (QED) is 0.628. The lowest BCUT2D eigenvalue weighted by atomic mass is 10.4. The molecule has 2 aliphatic rings. The molecule has 0 unspecified atom stereocenters. The van der Waals surface area contributed by atoms with Crippen LogP contribution in [0.1, 0.15) is 6.42 Å². The van der Waals surface area contributed by atoms with E-state index in [0.29, 0.717) is 26.2 Å². The van der Waals surface area contributed by atoms with Crippen LogP contribution in [0.15, 0.2) is 0 Å². The molecule has 0 aromatic heterocycles. The number of rotatable bonds is 4. The van der Waals surface area contributed by atoms with Crippen LogP contribution in [0.2, 0.25) is 0 Å². The Kier molecular flexibility index (Phi) is 5.14. The molecule has 0 spiro atoms. The van der Waals surface area contributed by atoms with Gasteiger partial charge in [-0.3, -0.25) is 9.69 Å². The topological polar surface area (TPSA) is 81.8 Å². The summed E-state index contributed by atoms with van der Waals surface area (Å²) in [7, 11) is -3.25. The van der Waals surface area contributed by atoms with Crippen LogP contribution in [-0.4, -0.2) is 81.6 Å². The molecule has 0 radical (unpaired) electrons. The minimum absolute atomic E-state index is 0.0696. The van der Waals surface area contributed by atoms with Gasteiger partial charge in [-0.1, -0.05) is 0 Å². The molecule has 2 aliphatic heterocycles. The number of piperazine rings is 1. The van der Waals surface area contributed by atoms with Crippen molar-refractivity contribution in [3.05, 3.63) is 0 Å². The van der Waals surface area contributed by atoms with Crippen LogP contribution in [-0.2, 0) is 14.8 Å². The second-order valence-corrected chi connectivity index (χ2v) is 7.00. The molecular weight excluding hydrogens is 268 g/mol. The summed E-state index contributed by atoms with van der Waals surface area (Å²) in [5.41, 5.74) is 0. The third kappa shape index (κ3) is 4.41. The molecular formula is C11H22N4O3S. The molecule has 2 rings (SSSR count). The summed E-state index contributed by atoms with van der Waals surface area (Å²) in [6.07, 6.45) is 0.257. The summed E-state index contributed by atoms with van der Waals surface area (Å²) >= 11 is 0. The maximum Gasteiger partial charge on any atom is 0.221 e. The zero-order valence-corrected chi connectivity index (χ0v) is 11.9. The number of carbonyl (C=O) groups excluding carboxylic acids is 1. The lowest BCUT2D eigenvalue weighted by molar-refractivity contribution is -0.120. The summed E-state index contributed by atoms with van der Waals surface area (Å²) in [6.45, 7) is 5.30. The van der Waals surface area contributed by atoms with Gasteiger partial charge in [-0.25, -0.2) is 8.42 Å². The summed E-state index contributed by atoms with van der Waals surface area (Å²) in [5, 5.41) is 5.93. The van der Waals surface area contributed by atoms with Crippen LogP contribution >= 0.6 is 0 Å². The highest BCUT2D eigenvalue weighted by molar-refractivity contribution is 7.89. The van der Waals surface area contributed by atoms with Crippen LogP contribution in [0.3, 0.4) is 0 Å². The molecule has 7 nitrogen and oxygen atoms in total. The van der Waals surface area contributed by atoms with Crippen LogP contribution in [0.25, 0.3) is 0 Å². The van der Waals surface area contributed by atoms with E-state index in [2.05, 4.69) is 15.5 Å². The molecule has 2 heterocycles. The molecule has 2 saturated heterocycles. The lowest BCUT2D eigenvalue weighted by Gasteiger charge is -2.28. The van der Waals surface area contributed by atoms with Crippen molar-refractivity contribution in [3.63, 3.8) is 0 Å². The molecule has 2 fully saturated rings.